The van der Waals surface area contributed by atoms with Gasteiger partial charge in [0.1, 0.15) is 5.75 Å². The first-order chi connectivity index (χ1) is 8.27. The fourth-order valence-corrected chi connectivity index (χ4v) is 2.04. The summed E-state index contributed by atoms with van der Waals surface area (Å²) in [4.78, 5) is 14.3. The first kappa shape index (κ1) is 11.9. The van der Waals surface area contributed by atoms with Gasteiger partial charge < -0.3 is 15.0 Å². The van der Waals surface area contributed by atoms with Gasteiger partial charge in [-0.05, 0) is 19.1 Å². The SMILES string of the molecule is CCN(C(=O)c1ccccc1OC)C1CNC1. The number of para-hydroxylation sites is 1. The third-order valence-corrected chi connectivity index (χ3v) is 3.14. The van der Waals surface area contributed by atoms with Gasteiger partial charge >= 0.3 is 0 Å². The number of nitrogens with one attached hydrogen (secondary N) is 1. The Morgan fingerprint density at radius 1 is 1.47 bits per heavy atom. The average Bonchev–Trinajstić information content (AvgIpc) is 2.32. The van der Waals surface area contributed by atoms with Crippen molar-refractivity contribution in [3.05, 3.63) is 29.8 Å². The molecule has 0 aromatic heterocycles. The summed E-state index contributed by atoms with van der Waals surface area (Å²) >= 11 is 0. The van der Waals surface area contributed by atoms with E-state index in [1.165, 1.54) is 0 Å². The molecule has 0 spiro atoms. The van der Waals surface area contributed by atoms with Gasteiger partial charge in [-0.15, -0.1) is 0 Å². The van der Waals surface area contributed by atoms with Crippen LogP contribution < -0.4 is 10.1 Å². The number of likely N-dealkylation sites (N-methyl/N-ethyl adjacent to an activating group) is 1. The van der Waals surface area contributed by atoms with E-state index >= 15 is 0 Å². The summed E-state index contributed by atoms with van der Waals surface area (Å²) in [5, 5.41) is 3.19. The maximum Gasteiger partial charge on any atom is 0.257 e. The summed E-state index contributed by atoms with van der Waals surface area (Å²) < 4.78 is 5.23. The van der Waals surface area contributed by atoms with Crippen molar-refractivity contribution in [2.45, 2.75) is 13.0 Å². The predicted molar refractivity (Wildman–Crippen MR) is 66.4 cm³/mol. The average molecular weight is 234 g/mol. The van der Waals surface area contributed by atoms with E-state index in [-0.39, 0.29) is 5.91 Å². The Morgan fingerprint density at radius 3 is 2.71 bits per heavy atom. The molecular weight excluding hydrogens is 216 g/mol. The van der Waals surface area contributed by atoms with Gasteiger partial charge in [-0.2, -0.15) is 0 Å². The molecule has 1 heterocycles. The van der Waals surface area contributed by atoms with E-state index in [1.807, 2.05) is 36.1 Å². The number of ether oxygens (including phenoxy) is 1. The van der Waals surface area contributed by atoms with Crippen LogP contribution in [0, 0.1) is 0 Å². The molecule has 0 bridgehead atoms. The number of carbonyl (C=O) groups is 1. The van der Waals surface area contributed by atoms with Crippen LogP contribution in [0.15, 0.2) is 24.3 Å². The number of carbonyl (C=O) groups excluding carboxylic acids is 1. The highest BCUT2D eigenvalue weighted by Gasteiger charge is 2.29. The Balaban J connectivity index is 2.22. The topological polar surface area (TPSA) is 41.6 Å². The normalized spacial score (nSPS) is 15.2. The Morgan fingerprint density at radius 2 is 2.18 bits per heavy atom. The molecule has 2 rings (SSSR count). The molecule has 1 aromatic rings. The van der Waals surface area contributed by atoms with Crippen molar-refractivity contribution < 1.29 is 9.53 Å². The summed E-state index contributed by atoms with van der Waals surface area (Å²) in [5.74, 6) is 0.694. The molecule has 17 heavy (non-hydrogen) atoms. The molecule has 0 radical (unpaired) electrons. The Labute approximate surface area is 102 Å². The molecule has 4 heteroatoms. The van der Waals surface area contributed by atoms with Gasteiger partial charge in [-0.25, -0.2) is 0 Å². The molecule has 4 nitrogen and oxygen atoms in total. The molecule has 92 valence electrons. The van der Waals surface area contributed by atoms with Gasteiger partial charge in [0, 0.05) is 19.6 Å². The van der Waals surface area contributed by atoms with E-state index < -0.39 is 0 Å². The van der Waals surface area contributed by atoms with Gasteiger partial charge in [0.25, 0.3) is 5.91 Å². The van der Waals surface area contributed by atoms with Gasteiger partial charge in [-0.3, -0.25) is 4.79 Å². The monoisotopic (exact) mass is 234 g/mol. The van der Waals surface area contributed by atoms with E-state index in [1.54, 1.807) is 7.11 Å². The lowest BCUT2D eigenvalue weighted by molar-refractivity contribution is 0.0627. The van der Waals surface area contributed by atoms with Crippen molar-refractivity contribution in [3.8, 4) is 5.75 Å². The Hall–Kier alpha value is -1.55. The smallest absolute Gasteiger partial charge is 0.257 e. The van der Waals surface area contributed by atoms with Crippen LogP contribution >= 0.6 is 0 Å². The molecule has 1 aliphatic heterocycles. The molecule has 1 aliphatic rings. The number of nitrogens with zero attached hydrogens (tertiary/aromatic N) is 1. The molecule has 0 unspecified atom stereocenters. The maximum atomic E-state index is 12.4. The number of hydrogen-bond acceptors (Lipinski definition) is 3. The summed E-state index contributed by atoms with van der Waals surface area (Å²) in [6.45, 7) is 4.50. The van der Waals surface area contributed by atoms with Crippen LogP contribution in [0.25, 0.3) is 0 Å². The van der Waals surface area contributed by atoms with Crippen LogP contribution in [-0.4, -0.2) is 43.6 Å². The molecule has 1 N–H and O–H groups in total. The lowest BCUT2D eigenvalue weighted by Crippen LogP contribution is -2.58. The molecular formula is C13H18N2O2. The van der Waals surface area contributed by atoms with Crippen LogP contribution in [0.5, 0.6) is 5.75 Å². The minimum atomic E-state index is 0.0523. The zero-order valence-corrected chi connectivity index (χ0v) is 10.3. The van der Waals surface area contributed by atoms with E-state index in [2.05, 4.69) is 5.32 Å². The van der Waals surface area contributed by atoms with Crippen LogP contribution in [0.4, 0.5) is 0 Å². The second-order valence-electron chi connectivity index (χ2n) is 4.10. The number of methoxy groups -OCH3 is 1. The first-order valence-electron chi connectivity index (χ1n) is 5.92. The van der Waals surface area contributed by atoms with E-state index in [0.717, 1.165) is 19.6 Å². The molecule has 1 amide bonds. The summed E-state index contributed by atoms with van der Waals surface area (Å²) in [6.07, 6.45) is 0. The van der Waals surface area contributed by atoms with Crippen LogP contribution in [0.1, 0.15) is 17.3 Å². The van der Waals surface area contributed by atoms with Crippen molar-refractivity contribution in [2.75, 3.05) is 26.7 Å². The molecule has 1 saturated heterocycles. The number of amides is 1. The second-order valence-corrected chi connectivity index (χ2v) is 4.10. The molecule has 1 fully saturated rings. The summed E-state index contributed by atoms with van der Waals surface area (Å²) in [5.41, 5.74) is 0.642. The predicted octanol–water partition coefficient (Wildman–Crippen LogP) is 1.13. The van der Waals surface area contributed by atoms with Gasteiger partial charge in [-0.1, -0.05) is 12.1 Å². The minimum Gasteiger partial charge on any atom is -0.496 e. The fourth-order valence-electron chi connectivity index (χ4n) is 2.04. The highest BCUT2D eigenvalue weighted by Crippen LogP contribution is 2.20. The number of benzene rings is 1. The van der Waals surface area contributed by atoms with Crippen molar-refractivity contribution >= 4 is 5.91 Å². The van der Waals surface area contributed by atoms with Gasteiger partial charge in [0.15, 0.2) is 0 Å². The van der Waals surface area contributed by atoms with E-state index in [4.69, 9.17) is 4.74 Å². The first-order valence-corrected chi connectivity index (χ1v) is 5.92. The molecule has 0 saturated carbocycles. The Kier molecular flexibility index (Phi) is 3.64. The van der Waals surface area contributed by atoms with Crippen LogP contribution in [-0.2, 0) is 0 Å². The number of hydrogen-bond donors (Lipinski definition) is 1. The maximum absolute atomic E-state index is 12.4. The third kappa shape index (κ3) is 2.26. The van der Waals surface area contributed by atoms with Gasteiger partial charge in [0.2, 0.25) is 0 Å². The number of rotatable bonds is 4. The summed E-state index contributed by atoms with van der Waals surface area (Å²) in [7, 11) is 1.59. The highest BCUT2D eigenvalue weighted by molar-refractivity contribution is 5.97. The van der Waals surface area contributed by atoms with E-state index in [0.29, 0.717) is 17.4 Å². The molecule has 0 aliphatic carbocycles. The lowest BCUT2D eigenvalue weighted by atomic mass is 10.1. The zero-order valence-electron chi connectivity index (χ0n) is 10.3. The third-order valence-electron chi connectivity index (χ3n) is 3.14. The molecule has 0 atom stereocenters. The largest absolute Gasteiger partial charge is 0.496 e. The summed E-state index contributed by atoms with van der Waals surface area (Å²) in [6, 6.07) is 7.69. The van der Waals surface area contributed by atoms with Crippen LogP contribution in [0.2, 0.25) is 0 Å². The van der Waals surface area contributed by atoms with Gasteiger partial charge in [0.05, 0.1) is 18.7 Å². The van der Waals surface area contributed by atoms with Crippen LogP contribution in [0.3, 0.4) is 0 Å². The fraction of sp³-hybridized carbons (Fsp3) is 0.462. The lowest BCUT2D eigenvalue weighted by Gasteiger charge is -2.37. The van der Waals surface area contributed by atoms with Crippen molar-refractivity contribution in [1.29, 1.82) is 0 Å². The minimum absolute atomic E-state index is 0.0523. The molecule has 1 aromatic carbocycles. The Bertz CT molecular complexity index is 402. The van der Waals surface area contributed by atoms with Crippen molar-refractivity contribution in [3.63, 3.8) is 0 Å². The quantitative estimate of drug-likeness (QED) is 0.849. The standard InChI is InChI=1S/C13H18N2O2/c1-3-15(10-8-14-9-10)13(16)11-6-4-5-7-12(11)17-2/h4-7,10,14H,3,8-9H2,1-2H3. The van der Waals surface area contributed by atoms with Crippen molar-refractivity contribution in [1.82, 2.24) is 10.2 Å². The van der Waals surface area contributed by atoms with Crippen molar-refractivity contribution in [2.24, 2.45) is 0 Å². The van der Waals surface area contributed by atoms with E-state index in [9.17, 15) is 4.79 Å². The zero-order chi connectivity index (χ0) is 12.3. The highest BCUT2D eigenvalue weighted by atomic mass is 16.5. The second kappa shape index (κ2) is 5.19.